The van der Waals surface area contributed by atoms with Gasteiger partial charge in [0.2, 0.25) is 5.91 Å². The number of anilines is 1. The molecular formula is C29H36ClFN4O2. The van der Waals surface area contributed by atoms with E-state index in [0.29, 0.717) is 22.7 Å². The average Bonchev–Trinajstić information content (AvgIpc) is 3.37. The number of piperidine rings is 1. The second kappa shape index (κ2) is 10.6. The van der Waals surface area contributed by atoms with Crippen molar-refractivity contribution in [1.29, 1.82) is 0 Å². The van der Waals surface area contributed by atoms with E-state index in [1.807, 2.05) is 12.1 Å². The van der Waals surface area contributed by atoms with Crippen LogP contribution in [0.5, 0.6) is 0 Å². The fourth-order valence-corrected chi connectivity index (χ4v) is 6.53. The normalized spacial score (nSPS) is 20.5. The number of amides is 2. The molecule has 2 aliphatic heterocycles. The number of hydrogen-bond donors (Lipinski definition) is 1. The molecule has 1 saturated carbocycles. The molecule has 0 bridgehead atoms. The molecule has 3 fully saturated rings. The zero-order valence-corrected chi connectivity index (χ0v) is 22.4. The summed E-state index contributed by atoms with van der Waals surface area (Å²) in [4.78, 5) is 32.0. The Morgan fingerprint density at radius 1 is 1.03 bits per heavy atom. The van der Waals surface area contributed by atoms with Crippen molar-refractivity contribution in [3.63, 3.8) is 0 Å². The molecule has 0 spiro atoms. The molecule has 1 aliphatic carbocycles. The minimum absolute atomic E-state index is 0.104. The van der Waals surface area contributed by atoms with Gasteiger partial charge >= 0.3 is 0 Å². The minimum atomic E-state index is -0.486. The van der Waals surface area contributed by atoms with E-state index in [0.717, 1.165) is 76.0 Å². The molecule has 2 aromatic carbocycles. The molecule has 198 valence electrons. The van der Waals surface area contributed by atoms with Crippen LogP contribution in [0.25, 0.3) is 0 Å². The van der Waals surface area contributed by atoms with Crippen LogP contribution in [-0.4, -0.2) is 78.9 Å². The maximum absolute atomic E-state index is 13.7. The highest BCUT2D eigenvalue weighted by Crippen LogP contribution is 2.43. The van der Waals surface area contributed by atoms with Gasteiger partial charge in [-0.15, -0.1) is 0 Å². The first-order chi connectivity index (χ1) is 17.8. The molecule has 0 unspecified atom stereocenters. The van der Waals surface area contributed by atoms with Crippen molar-refractivity contribution in [3.8, 4) is 0 Å². The zero-order valence-electron chi connectivity index (χ0n) is 21.7. The van der Waals surface area contributed by atoms with Crippen molar-refractivity contribution in [2.24, 2.45) is 0 Å². The van der Waals surface area contributed by atoms with Gasteiger partial charge in [0.1, 0.15) is 5.82 Å². The molecule has 8 heteroatoms. The number of benzene rings is 2. The number of carbonyl (C=O) groups is 2. The summed E-state index contributed by atoms with van der Waals surface area (Å²) >= 11 is 6.36. The van der Waals surface area contributed by atoms with Crippen molar-refractivity contribution in [1.82, 2.24) is 14.7 Å². The molecule has 0 atom stereocenters. The fraction of sp³-hybridized carbons (Fsp3) is 0.517. The predicted octanol–water partition coefficient (Wildman–Crippen LogP) is 4.78. The molecule has 2 heterocycles. The van der Waals surface area contributed by atoms with Crippen molar-refractivity contribution < 1.29 is 14.0 Å². The monoisotopic (exact) mass is 526 g/mol. The molecular weight excluding hydrogens is 491 g/mol. The molecule has 6 nitrogen and oxygen atoms in total. The van der Waals surface area contributed by atoms with Crippen LogP contribution >= 0.6 is 11.6 Å². The van der Waals surface area contributed by atoms with Crippen LogP contribution in [-0.2, 0) is 10.2 Å². The highest BCUT2D eigenvalue weighted by atomic mass is 35.5. The Kier molecular flexibility index (Phi) is 7.46. The van der Waals surface area contributed by atoms with Gasteiger partial charge in [-0.1, -0.05) is 36.6 Å². The third kappa shape index (κ3) is 5.21. The second-order valence-corrected chi connectivity index (χ2v) is 11.4. The van der Waals surface area contributed by atoms with Gasteiger partial charge in [-0.05, 0) is 61.6 Å². The lowest BCUT2D eigenvalue weighted by molar-refractivity contribution is -0.139. The number of carbonyl (C=O) groups excluding carboxylic acids is 2. The Labute approximate surface area is 223 Å². The molecule has 1 N–H and O–H groups in total. The molecule has 5 rings (SSSR count). The van der Waals surface area contributed by atoms with Crippen LogP contribution in [0.15, 0.2) is 42.5 Å². The largest absolute Gasteiger partial charge is 0.380 e. The number of nitrogens with zero attached hydrogens (tertiary/aromatic N) is 3. The molecule has 0 aromatic heterocycles. The lowest BCUT2D eigenvalue weighted by Gasteiger charge is -2.48. The van der Waals surface area contributed by atoms with E-state index < -0.39 is 5.41 Å². The quantitative estimate of drug-likeness (QED) is 0.588. The summed E-state index contributed by atoms with van der Waals surface area (Å²) in [5, 5.41) is 3.99. The van der Waals surface area contributed by atoms with E-state index in [2.05, 4.69) is 15.1 Å². The first-order valence-electron chi connectivity index (χ1n) is 13.3. The van der Waals surface area contributed by atoms with Crippen LogP contribution in [0.4, 0.5) is 10.1 Å². The Balaban J connectivity index is 1.12. The van der Waals surface area contributed by atoms with Crippen LogP contribution < -0.4 is 5.32 Å². The summed E-state index contributed by atoms with van der Waals surface area (Å²) < 4.78 is 13.5. The third-order valence-electron chi connectivity index (χ3n) is 8.42. The fourth-order valence-electron chi connectivity index (χ4n) is 6.27. The van der Waals surface area contributed by atoms with Crippen LogP contribution in [0.2, 0.25) is 5.02 Å². The first kappa shape index (κ1) is 26.0. The van der Waals surface area contributed by atoms with Crippen molar-refractivity contribution in [2.75, 3.05) is 45.6 Å². The van der Waals surface area contributed by atoms with Crippen LogP contribution in [0.3, 0.4) is 0 Å². The summed E-state index contributed by atoms with van der Waals surface area (Å²) in [5.74, 6) is -0.133. The van der Waals surface area contributed by atoms with E-state index in [4.69, 9.17) is 11.6 Å². The lowest BCUT2D eigenvalue weighted by atomic mass is 9.77. The second-order valence-electron chi connectivity index (χ2n) is 11.0. The molecule has 3 aliphatic rings. The Morgan fingerprint density at radius 3 is 2.27 bits per heavy atom. The zero-order chi connectivity index (χ0) is 26.2. The number of nitrogens with one attached hydrogen (secondary N) is 1. The van der Waals surface area contributed by atoms with E-state index in [9.17, 15) is 14.0 Å². The number of rotatable bonds is 6. The summed E-state index contributed by atoms with van der Waals surface area (Å²) in [7, 11) is 3.43. The average molecular weight is 527 g/mol. The lowest BCUT2D eigenvalue weighted by Crippen LogP contribution is -2.61. The number of likely N-dealkylation sites (tertiary alicyclic amines) is 2. The van der Waals surface area contributed by atoms with E-state index in [1.165, 1.54) is 17.0 Å². The summed E-state index contributed by atoms with van der Waals surface area (Å²) in [5.41, 5.74) is 1.91. The highest BCUT2D eigenvalue weighted by molar-refractivity contribution is 6.34. The van der Waals surface area contributed by atoms with Crippen LogP contribution in [0.1, 0.15) is 54.4 Å². The number of hydrogen-bond acceptors (Lipinski definition) is 4. The molecule has 2 saturated heterocycles. The van der Waals surface area contributed by atoms with E-state index >= 15 is 0 Å². The van der Waals surface area contributed by atoms with E-state index in [-0.39, 0.29) is 17.6 Å². The first-order valence-corrected chi connectivity index (χ1v) is 13.7. The third-order valence-corrected chi connectivity index (χ3v) is 8.73. The molecule has 37 heavy (non-hydrogen) atoms. The summed E-state index contributed by atoms with van der Waals surface area (Å²) in [6.45, 7) is 3.46. The number of halogens is 2. The maximum atomic E-state index is 13.7. The van der Waals surface area contributed by atoms with Gasteiger partial charge in [-0.2, -0.15) is 0 Å². The van der Waals surface area contributed by atoms with Gasteiger partial charge in [0, 0.05) is 52.0 Å². The van der Waals surface area contributed by atoms with Gasteiger partial charge in [0.15, 0.2) is 0 Å². The standard InChI is InChI=1S/C29H36ClFN4O2/c1-33(2)27(36)25-10-9-22(17-26(25)30)32-23-18-35(19-23)24-11-15-34(16-12-24)28(37)29(13-3-4-14-29)20-5-7-21(31)8-6-20/h5-10,17,23-24,32H,3-4,11-16,18-19H2,1-2H3. The van der Waals surface area contributed by atoms with E-state index in [1.54, 1.807) is 32.3 Å². The van der Waals surface area contributed by atoms with Gasteiger partial charge in [-0.25, -0.2) is 4.39 Å². The van der Waals surface area contributed by atoms with Crippen molar-refractivity contribution in [3.05, 3.63) is 64.4 Å². The van der Waals surface area contributed by atoms with Gasteiger partial charge < -0.3 is 15.1 Å². The summed E-state index contributed by atoms with van der Waals surface area (Å²) in [6, 6.07) is 12.9. The minimum Gasteiger partial charge on any atom is -0.380 e. The van der Waals surface area contributed by atoms with Gasteiger partial charge in [0.05, 0.1) is 22.0 Å². The topological polar surface area (TPSA) is 55.9 Å². The SMILES string of the molecule is CN(C)C(=O)c1ccc(NC2CN(C3CCN(C(=O)C4(c5ccc(F)cc5)CCCC4)CC3)C2)cc1Cl. The van der Waals surface area contributed by atoms with Crippen molar-refractivity contribution >= 4 is 29.1 Å². The smallest absolute Gasteiger partial charge is 0.254 e. The van der Waals surface area contributed by atoms with Crippen molar-refractivity contribution in [2.45, 2.75) is 56.0 Å². The summed E-state index contributed by atoms with van der Waals surface area (Å²) in [6.07, 6.45) is 5.75. The van der Waals surface area contributed by atoms with Gasteiger partial charge in [0.25, 0.3) is 5.91 Å². The maximum Gasteiger partial charge on any atom is 0.254 e. The van der Waals surface area contributed by atoms with Gasteiger partial charge in [-0.3, -0.25) is 14.5 Å². The molecule has 2 amide bonds. The molecule has 0 radical (unpaired) electrons. The highest BCUT2D eigenvalue weighted by Gasteiger charge is 2.46. The Morgan fingerprint density at radius 2 is 1.68 bits per heavy atom. The Bertz CT molecular complexity index is 1140. The molecule has 2 aromatic rings. The van der Waals surface area contributed by atoms with Crippen LogP contribution in [0, 0.1) is 5.82 Å². The Hall–Kier alpha value is -2.64. The predicted molar refractivity (Wildman–Crippen MR) is 145 cm³/mol.